The summed E-state index contributed by atoms with van der Waals surface area (Å²) in [5.41, 5.74) is 3.53. The van der Waals surface area contributed by atoms with E-state index in [2.05, 4.69) is 48.0 Å². The van der Waals surface area contributed by atoms with Crippen molar-refractivity contribution < 1.29 is 4.74 Å². The van der Waals surface area contributed by atoms with Crippen LogP contribution >= 0.6 is 11.6 Å². The number of ether oxygens (including phenoxy) is 1. The van der Waals surface area contributed by atoms with E-state index in [4.69, 9.17) is 16.3 Å². The Morgan fingerprint density at radius 3 is 2.48 bits per heavy atom. The van der Waals surface area contributed by atoms with Gasteiger partial charge in [-0.05, 0) is 43.9 Å². The molecule has 2 heterocycles. The molecule has 0 atom stereocenters. The van der Waals surface area contributed by atoms with Gasteiger partial charge >= 0.3 is 0 Å². The van der Waals surface area contributed by atoms with Crippen LogP contribution in [-0.2, 0) is 6.54 Å². The van der Waals surface area contributed by atoms with Gasteiger partial charge in [-0.3, -0.25) is 4.90 Å². The number of halogens is 1. The van der Waals surface area contributed by atoms with Gasteiger partial charge in [0, 0.05) is 31.4 Å². The van der Waals surface area contributed by atoms with Gasteiger partial charge in [0.1, 0.15) is 17.0 Å². The summed E-state index contributed by atoms with van der Waals surface area (Å²) in [6.45, 7) is 7.15. The third kappa shape index (κ3) is 4.04. The second kappa shape index (κ2) is 7.33. The Bertz CT molecular complexity index is 646. The molecule has 23 heavy (non-hydrogen) atoms. The number of para-hydroxylation sites is 1. The molecular weight excluding hydrogens is 308 g/mol. The molecule has 122 valence electrons. The predicted molar refractivity (Wildman–Crippen MR) is 94.1 cm³/mol. The fourth-order valence-electron chi connectivity index (χ4n) is 3.12. The molecule has 3 nitrogen and oxygen atoms in total. The lowest BCUT2D eigenvalue weighted by Gasteiger charge is -2.32. The summed E-state index contributed by atoms with van der Waals surface area (Å²) < 4.78 is 6.27. The summed E-state index contributed by atoms with van der Waals surface area (Å²) in [6, 6.07) is 10.3. The number of nitrogens with zero attached hydrogens (tertiary/aromatic N) is 2. The molecule has 0 spiro atoms. The molecule has 2 aromatic rings. The molecular formula is C19H23ClN2O. The SMILES string of the molecule is Cc1cccc(C)c1OC1CCN(Cc2cccnc2Cl)CC1. The van der Waals surface area contributed by atoms with Gasteiger partial charge in [-0.1, -0.05) is 35.9 Å². The molecule has 4 heteroatoms. The zero-order chi connectivity index (χ0) is 16.2. The van der Waals surface area contributed by atoms with Gasteiger partial charge < -0.3 is 4.74 Å². The Balaban J connectivity index is 1.56. The third-order valence-electron chi connectivity index (χ3n) is 4.46. The lowest BCUT2D eigenvalue weighted by atomic mass is 10.1. The monoisotopic (exact) mass is 330 g/mol. The zero-order valence-corrected chi connectivity index (χ0v) is 14.5. The van der Waals surface area contributed by atoms with Crippen molar-refractivity contribution >= 4 is 11.6 Å². The van der Waals surface area contributed by atoms with E-state index in [-0.39, 0.29) is 0 Å². The molecule has 0 aliphatic carbocycles. The number of aryl methyl sites for hydroxylation is 2. The molecule has 1 aliphatic heterocycles. The van der Waals surface area contributed by atoms with Gasteiger partial charge in [-0.2, -0.15) is 0 Å². The lowest BCUT2D eigenvalue weighted by molar-refractivity contribution is 0.0957. The summed E-state index contributed by atoms with van der Waals surface area (Å²) >= 11 is 6.15. The van der Waals surface area contributed by atoms with E-state index < -0.39 is 0 Å². The molecule has 1 fully saturated rings. The third-order valence-corrected chi connectivity index (χ3v) is 4.80. The fraction of sp³-hybridized carbons (Fsp3) is 0.421. The second-order valence-electron chi connectivity index (χ2n) is 6.27. The van der Waals surface area contributed by atoms with Crippen LogP contribution in [0.25, 0.3) is 0 Å². The van der Waals surface area contributed by atoms with Crippen LogP contribution in [0.2, 0.25) is 5.15 Å². The number of piperidine rings is 1. The van der Waals surface area contributed by atoms with Gasteiger partial charge in [0.05, 0.1) is 0 Å². The van der Waals surface area contributed by atoms with Crippen molar-refractivity contribution in [2.75, 3.05) is 13.1 Å². The Hall–Kier alpha value is -1.58. The zero-order valence-electron chi connectivity index (χ0n) is 13.8. The van der Waals surface area contributed by atoms with Crippen LogP contribution in [0.4, 0.5) is 0 Å². The van der Waals surface area contributed by atoms with Crippen molar-refractivity contribution in [2.24, 2.45) is 0 Å². The number of hydrogen-bond acceptors (Lipinski definition) is 3. The van der Waals surface area contributed by atoms with E-state index in [1.165, 1.54) is 11.1 Å². The molecule has 0 N–H and O–H groups in total. The predicted octanol–water partition coefficient (Wildman–Crippen LogP) is 4.40. The van der Waals surface area contributed by atoms with Gasteiger partial charge in [0.15, 0.2) is 0 Å². The number of likely N-dealkylation sites (tertiary alicyclic amines) is 1. The van der Waals surface area contributed by atoms with Crippen molar-refractivity contribution in [2.45, 2.75) is 39.3 Å². The minimum Gasteiger partial charge on any atom is -0.490 e. The van der Waals surface area contributed by atoms with Gasteiger partial charge in [0.2, 0.25) is 0 Å². The van der Waals surface area contributed by atoms with Crippen LogP contribution < -0.4 is 4.74 Å². The Kier molecular flexibility index (Phi) is 5.19. The van der Waals surface area contributed by atoms with Crippen molar-refractivity contribution in [1.29, 1.82) is 0 Å². The van der Waals surface area contributed by atoms with Crippen LogP contribution in [0.15, 0.2) is 36.5 Å². The lowest BCUT2D eigenvalue weighted by Crippen LogP contribution is -2.38. The number of benzene rings is 1. The molecule has 0 amide bonds. The first kappa shape index (κ1) is 16.3. The van der Waals surface area contributed by atoms with Gasteiger partial charge in [-0.15, -0.1) is 0 Å². The molecule has 0 bridgehead atoms. The average molecular weight is 331 g/mol. The Morgan fingerprint density at radius 2 is 1.83 bits per heavy atom. The fourth-order valence-corrected chi connectivity index (χ4v) is 3.29. The molecule has 3 rings (SSSR count). The largest absolute Gasteiger partial charge is 0.490 e. The number of rotatable bonds is 4. The minimum atomic E-state index is 0.301. The van der Waals surface area contributed by atoms with Crippen LogP contribution in [0.3, 0.4) is 0 Å². The van der Waals surface area contributed by atoms with Crippen LogP contribution in [0.5, 0.6) is 5.75 Å². The molecule has 0 unspecified atom stereocenters. The molecule has 1 aromatic carbocycles. The quantitative estimate of drug-likeness (QED) is 0.777. The van der Waals surface area contributed by atoms with Crippen LogP contribution in [0, 0.1) is 13.8 Å². The highest BCUT2D eigenvalue weighted by Crippen LogP contribution is 2.27. The molecule has 1 aliphatic rings. The highest BCUT2D eigenvalue weighted by Gasteiger charge is 2.22. The Labute approximate surface area is 143 Å². The molecule has 1 saturated heterocycles. The Morgan fingerprint density at radius 1 is 1.13 bits per heavy atom. The summed E-state index contributed by atoms with van der Waals surface area (Å²) in [6.07, 6.45) is 4.13. The van der Waals surface area contributed by atoms with E-state index >= 15 is 0 Å². The maximum atomic E-state index is 6.27. The molecule has 0 radical (unpaired) electrons. The van der Waals surface area contributed by atoms with Crippen LogP contribution in [-0.4, -0.2) is 29.1 Å². The van der Waals surface area contributed by atoms with E-state index in [1.807, 2.05) is 6.07 Å². The maximum absolute atomic E-state index is 6.27. The van der Waals surface area contributed by atoms with Crippen LogP contribution in [0.1, 0.15) is 29.5 Å². The van der Waals surface area contributed by atoms with E-state index in [0.29, 0.717) is 11.3 Å². The van der Waals surface area contributed by atoms with E-state index in [0.717, 1.165) is 43.8 Å². The van der Waals surface area contributed by atoms with Crippen molar-refractivity contribution in [3.63, 3.8) is 0 Å². The number of aromatic nitrogens is 1. The van der Waals surface area contributed by atoms with Gasteiger partial charge in [-0.25, -0.2) is 4.98 Å². The first-order chi connectivity index (χ1) is 11.1. The normalized spacial score (nSPS) is 16.5. The van der Waals surface area contributed by atoms with Crippen molar-refractivity contribution in [1.82, 2.24) is 9.88 Å². The van der Waals surface area contributed by atoms with Gasteiger partial charge in [0.25, 0.3) is 0 Å². The number of hydrogen-bond donors (Lipinski definition) is 0. The maximum Gasteiger partial charge on any atom is 0.133 e. The summed E-state index contributed by atoms with van der Waals surface area (Å²) in [5, 5.41) is 0.612. The smallest absolute Gasteiger partial charge is 0.133 e. The molecule has 0 saturated carbocycles. The second-order valence-corrected chi connectivity index (χ2v) is 6.63. The van der Waals surface area contributed by atoms with E-state index in [1.54, 1.807) is 6.20 Å². The summed E-state index contributed by atoms with van der Waals surface area (Å²) in [4.78, 5) is 6.57. The highest BCUT2D eigenvalue weighted by atomic mass is 35.5. The van der Waals surface area contributed by atoms with Crippen molar-refractivity contribution in [3.8, 4) is 5.75 Å². The number of pyridine rings is 1. The standard InChI is InChI=1S/C19H23ClN2O/c1-14-5-3-6-15(2)18(14)23-17-8-11-22(12-9-17)13-16-7-4-10-21-19(16)20/h3-7,10,17H,8-9,11-13H2,1-2H3. The van der Waals surface area contributed by atoms with Crippen molar-refractivity contribution in [3.05, 3.63) is 58.4 Å². The highest BCUT2D eigenvalue weighted by molar-refractivity contribution is 6.30. The minimum absolute atomic E-state index is 0.301. The first-order valence-corrected chi connectivity index (χ1v) is 8.56. The summed E-state index contributed by atoms with van der Waals surface area (Å²) in [5.74, 6) is 1.06. The average Bonchev–Trinajstić information content (AvgIpc) is 2.55. The topological polar surface area (TPSA) is 25.4 Å². The molecule has 1 aromatic heterocycles. The first-order valence-electron chi connectivity index (χ1n) is 8.18. The van der Waals surface area contributed by atoms with E-state index in [9.17, 15) is 0 Å². The summed E-state index contributed by atoms with van der Waals surface area (Å²) in [7, 11) is 0.